The molecular weight excluding hydrogens is 390 g/mol. The molecule has 29 heavy (non-hydrogen) atoms. The number of aryl methyl sites for hydroxylation is 1. The molecule has 1 aliphatic heterocycles. The molecule has 0 spiro atoms. The van der Waals surface area contributed by atoms with Gasteiger partial charge in [0.2, 0.25) is 10.0 Å². The van der Waals surface area contributed by atoms with E-state index in [1.165, 1.54) is 10.4 Å². The summed E-state index contributed by atoms with van der Waals surface area (Å²) in [4.78, 5) is 12.5. The van der Waals surface area contributed by atoms with Crippen LogP contribution in [0.3, 0.4) is 0 Å². The SMILES string of the molecule is Cc1ccc(NC(=O)COc2ccccc2C#N)cc1S(=O)(=O)N1CCCCC1. The van der Waals surface area contributed by atoms with E-state index < -0.39 is 15.9 Å². The predicted octanol–water partition coefficient (Wildman–Crippen LogP) is 3.06. The Bertz CT molecular complexity index is 1040. The predicted molar refractivity (Wildman–Crippen MR) is 109 cm³/mol. The molecular formula is C21H23N3O4S. The van der Waals surface area contributed by atoms with Crippen molar-refractivity contribution in [2.24, 2.45) is 0 Å². The van der Waals surface area contributed by atoms with Crippen molar-refractivity contribution in [3.8, 4) is 11.8 Å². The van der Waals surface area contributed by atoms with Gasteiger partial charge in [-0.25, -0.2) is 8.42 Å². The molecule has 0 atom stereocenters. The number of hydrogen-bond donors (Lipinski definition) is 1. The van der Waals surface area contributed by atoms with Gasteiger partial charge in [0.15, 0.2) is 6.61 Å². The van der Waals surface area contributed by atoms with Crippen LogP contribution in [0.2, 0.25) is 0 Å². The number of nitriles is 1. The molecule has 2 aromatic rings. The number of nitrogens with zero attached hydrogens (tertiary/aromatic N) is 2. The lowest BCUT2D eigenvalue weighted by Gasteiger charge is -2.26. The number of ether oxygens (including phenoxy) is 1. The highest BCUT2D eigenvalue weighted by Gasteiger charge is 2.27. The van der Waals surface area contributed by atoms with E-state index in [1.54, 1.807) is 43.3 Å². The number of anilines is 1. The lowest BCUT2D eigenvalue weighted by atomic mass is 10.2. The van der Waals surface area contributed by atoms with Gasteiger partial charge >= 0.3 is 0 Å². The first kappa shape index (κ1) is 20.8. The van der Waals surface area contributed by atoms with E-state index >= 15 is 0 Å². The van der Waals surface area contributed by atoms with Crippen molar-refractivity contribution in [2.75, 3.05) is 25.0 Å². The Labute approximate surface area is 171 Å². The largest absolute Gasteiger partial charge is 0.482 e. The molecule has 7 nitrogen and oxygen atoms in total. The van der Waals surface area contributed by atoms with Crippen LogP contribution >= 0.6 is 0 Å². The maximum Gasteiger partial charge on any atom is 0.262 e. The number of nitrogens with one attached hydrogen (secondary N) is 1. The molecule has 0 aromatic heterocycles. The van der Waals surface area contributed by atoms with Gasteiger partial charge in [0.05, 0.1) is 10.5 Å². The zero-order chi connectivity index (χ0) is 20.9. The van der Waals surface area contributed by atoms with Crippen LogP contribution < -0.4 is 10.1 Å². The van der Waals surface area contributed by atoms with Crippen molar-refractivity contribution in [3.05, 3.63) is 53.6 Å². The number of carbonyl (C=O) groups is 1. The summed E-state index contributed by atoms with van der Waals surface area (Å²) in [6.07, 6.45) is 2.75. The van der Waals surface area contributed by atoms with E-state index in [0.717, 1.165) is 19.3 Å². The minimum Gasteiger partial charge on any atom is -0.482 e. The summed E-state index contributed by atoms with van der Waals surface area (Å²) < 4.78 is 32.9. The molecule has 0 unspecified atom stereocenters. The molecule has 1 saturated heterocycles. The van der Waals surface area contributed by atoms with Gasteiger partial charge in [-0.3, -0.25) is 4.79 Å². The molecule has 0 aliphatic carbocycles. The Balaban J connectivity index is 1.71. The van der Waals surface area contributed by atoms with E-state index in [4.69, 9.17) is 10.00 Å². The summed E-state index contributed by atoms with van der Waals surface area (Å²) >= 11 is 0. The normalized spacial score (nSPS) is 14.8. The summed E-state index contributed by atoms with van der Waals surface area (Å²) in [6, 6.07) is 13.5. The number of hydrogen-bond acceptors (Lipinski definition) is 5. The molecule has 152 valence electrons. The fraction of sp³-hybridized carbons (Fsp3) is 0.333. The number of piperidine rings is 1. The molecule has 1 aliphatic rings. The van der Waals surface area contributed by atoms with Crippen LogP contribution in [-0.4, -0.2) is 38.3 Å². The Morgan fingerprint density at radius 2 is 1.90 bits per heavy atom. The zero-order valence-corrected chi connectivity index (χ0v) is 17.0. The number of rotatable bonds is 6. The van der Waals surface area contributed by atoms with Gasteiger partial charge in [-0.1, -0.05) is 24.6 Å². The molecule has 1 N–H and O–H groups in total. The van der Waals surface area contributed by atoms with Crippen LogP contribution in [0.15, 0.2) is 47.4 Å². The standard InChI is InChI=1S/C21H23N3O4S/c1-16-9-10-18(13-20(16)29(26,27)24-11-5-2-6-12-24)23-21(25)15-28-19-8-4-3-7-17(19)14-22/h3-4,7-10,13H,2,5-6,11-12,15H2,1H3,(H,23,25). The lowest BCUT2D eigenvalue weighted by Crippen LogP contribution is -2.36. The molecule has 1 heterocycles. The molecule has 8 heteroatoms. The highest BCUT2D eigenvalue weighted by molar-refractivity contribution is 7.89. The fourth-order valence-corrected chi connectivity index (χ4v) is 4.99. The van der Waals surface area contributed by atoms with E-state index in [-0.39, 0.29) is 11.5 Å². The maximum atomic E-state index is 13.0. The summed E-state index contributed by atoms with van der Waals surface area (Å²) in [7, 11) is -3.60. The first-order valence-corrected chi connectivity index (χ1v) is 10.9. The van der Waals surface area contributed by atoms with Crippen LogP contribution in [0.25, 0.3) is 0 Å². The van der Waals surface area contributed by atoms with Gasteiger partial charge in [0, 0.05) is 18.8 Å². The Morgan fingerprint density at radius 3 is 2.62 bits per heavy atom. The second kappa shape index (κ2) is 9.07. The van der Waals surface area contributed by atoms with Crippen LogP contribution in [0.5, 0.6) is 5.75 Å². The van der Waals surface area contributed by atoms with Crippen molar-refractivity contribution in [3.63, 3.8) is 0 Å². The number of carbonyl (C=O) groups excluding carboxylic acids is 1. The number of amides is 1. The Kier molecular flexibility index (Phi) is 6.52. The lowest BCUT2D eigenvalue weighted by molar-refractivity contribution is -0.118. The van der Waals surface area contributed by atoms with Gasteiger partial charge in [0.25, 0.3) is 5.91 Å². The zero-order valence-electron chi connectivity index (χ0n) is 16.2. The van der Waals surface area contributed by atoms with Crippen molar-refractivity contribution >= 4 is 21.6 Å². The number of para-hydroxylation sites is 1. The topological polar surface area (TPSA) is 99.5 Å². The van der Waals surface area contributed by atoms with Crippen LogP contribution in [-0.2, 0) is 14.8 Å². The first-order chi connectivity index (χ1) is 13.9. The molecule has 2 aromatic carbocycles. The second-order valence-corrected chi connectivity index (χ2v) is 8.80. The molecule has 0 radical (unpaired) electrons. The third kappa shape index (κ3) is 4.94. The smallest absolute Gasteiger partial charge is 0.262 e. The van der Waals surface area contributed by atoms with E-state index in [9.17, 15) is 13.2 Å². The first-order valence-electron chi connectivity index (χ1n) is 9.44. The van der Waals surface area contributed by atoms with Gasteiger partial charge in [-0.05, 0) is 49.6 Å². The van der Waals surface area contributed by atoms with Crippen molar-refractivity contribution in [2.45, 2.75) is 31.1 Å². The van der Waals surface area contributed by atoms with Crippen LogP contribution in [0.1, 0.15) is 30.4 Å². The molecule has 0 bridgehead atoms. The molecule has 0 saturated carbocycles. The van der Waals surface area contributed by atoms with Gasteiger partial charge in [-0.2, -0.15) is 9.57 Å². The fourth-order valence-electron chi connectivity index (χ4n) is 3.23. The molecule has 1 amide bonds. The minimum absolute atomic E-state index is 0.202. The summed E-state index contributed by atoms with van der Waals surface area (Å²) in [5.41, 5.74) is 1.35. The summed E-state index contributed by atoms with van der Waals surface area (Å²) in [6.45, 7) is 2.49. The molecule has 3 rings (SSSR count). The van der Waals surface area contributed by atoms with Gasteiger partial charge < -0.3 is 10.1 Å². The van der Waals surface area contributed by atoms with Crippen molar-refractivity contribution < 1.29 is 17.9 Å². The average molecular weight is 413 g/mol. The minimum atomic E-state index is -3.60. The van der Waals surface area contributed by atoms with E-state index in [1.807, 2.05) is 6.07 Å². The second-order valence-electron chi connectivity index (χ2n) is 6.89. The monoisotopic (exact) mass is 413 g/mol. The van der Waals surface area contributed by atoms with Crippen molar-refractivity contribution in [1.29, 1.82) is 5.26 Å². The summed E-state index contributed by atoms with van der Waals surface area (Å²) in [5.74, 6) is -0.120. The van der Waals surface area contributed by atoms with E-state index in [2.05, 4.69) is 5.32 Å². The highest BCUT2D eigenvalue weighted by atomic mass is 32.2. The van der Waals surface area contributed by atoms with E-state index in [0.29, 0.717) is 35.7 Å². The third-order valence-electron chi connectivity index (χ3n) is 4.77. The highest BCUT2D eigenvalue weighted by Crippen LogP contribution is 2.26. The van der Waals surface area contributed by atoms with Gasteiger partial charge in [-0.15, -0.1) is 0 Å². The third-order valence-corrected chi connectivity index (χ3v) is 6.81. The Morgan fingerprint density at radius 1 is 1.17 bits per heavy atom. The van der Waals surface area contributed by atoms with Crippen LogP contribution in [0, 0.1) is 18.3 Å². The molecule has 1 fully saturated rings. The van der Waals surface area contributed by atoms with Gasteiger partial charge in [0.1, 0.15) is 11.8 Å². The quantitative estimate of drug-likeness (QED) is 0.785. The van der Waals surface area contributed by atoms with Crippen LogP contribution in [0.4, 0.5) is 5.69 Å². The van der Waals surface area contributed by atoms with Crippen molar-refractivity contribution in [1.82, 2.24) is 4.31 Å². The average Bonchev–Trinajstić information content (AvgIpc) is 2.74. The Hall–Kier alpha value is -2.89. The number of benzene rings is 2. The number of sulfonamides is 1. The maximum absolute atomic E-state index is 13.0. The summed E-state index contributed by atoms with van der Waals surface area (Å²) in [5, 5.41) is 11.7.